The summed E-state index contributed by atoms with van der Waals surface area (Å²) in [6, 6.07) is 23.7. The molecule has 0 saturated heterocycles. The van der Waals surface area contributed by atoms with Gasteiger partial charge in [0.15, 0.2) is 0 Å². The van der Waals surface area contributed by atoms with Crippen molar-refractivity contribution in [3.63, 3.8) is 0 Å². The van der Waals surface area contributed by atoms with Gasteiger partial charge < -0.3 is 5.32 Å². The average Bonchev–Trinajstić information content (AvgIpc) is 3.26. The van der Waals surface area contributed by atoms with Crippen LogP contribution >= 0.6 is 11.6 Å². The van der Waals surface area contributed by atoms with Gasteiger partial charge in [0, 0.05) is 11.4 Å². The molecule has 2 N–H and O–H groups in total. The second-order valence-electron chi connectivity index (χ2n) is 8.29. The first-order chi connectivity index (χ1) is 16.5. The zero-order chi connectivity index (χ0) is 23.5. The van der Waals surface area contributed by atoms with Crippen LogP contribution in [0, 0.1) is 5.82 Å². The minimum absolute atomic E-state index is 0.0503. The largest absolute Gasteiger partial charge is 0.347 e. The van der Waals surface area contributed by atoms with Gasteiger partial charge in [-0.2, -0.15) is 4.98 Å². The number of rotatable bonds is 6. The molecule has 1 amide bonds. The zero-order valence-electron chi connectivity index (χ0n) is 18.3. The third kappa shape index (κ3) is 4.94. The van der Waals surface area contributed by atoms with E-state index in [2.05, 4.69) is 20.7 Å². The molecule has 0 unspecified atom stereocenters. The van der Waals surface area contributed by atoms with Gasteiger partial charge in [-0.25, -0.2) is 9.07 Å². The predicted molar refractivity (Wildman–Crippen MR) is 130 cm³/mol. The lowest BCUT2D eigenvalue weighted by molar-refractivity contribution is -0.116. The molecule has 0 bridgehead atoms. The SMILES string of the molecule is O=C(CCc1ccccc1)Nc1nc2n(n1)[C@@H](c1ccc(F)cc1)C[C@H](c1ccc(Cl)cc1)N2. The van der Waals surface area contributed by atoms with Crippen LogP contribution in [0.2, 0.25) is 5.02 Å². The van der Waals surface area contributed by atoms with Gasteiger partial charge in [0.05, 0.1) is 12.1 Å². The number of aryl methyl sites for hydroxylation is 1. The number of nitrogens with one attached hydrogen (secondary N) is 2. The highest BCUT2D eigenvalue weighted by atomic mass is 35.5. The van der Waals surface area contributed by atoms with Gasteiger partial charge in [0.2, 0.25) is 11.9 Å². The van der Waals surface area contributed by atoms with Gasteiger partial charge in [0.25, 0.3) is 5.95 Å². The molecule has 34 heavy (non-hydrogen) atoms. The smallest absolute Gasteiger partial charge is 0.250 e. The quantitative estimate of drug-likeness (QED) is 0.370. The summed E-state index contributed by atoms with van der Waals surface area (Å²) in [4.78, 5) is 17.1. The molecule has 2 atom stereocenters. The maximum atomic E-state index is 13.6. The van der Waals surface area contributed by atoms with Crippen LogP contribution in [0.5, 0.6) is 0 Å². The summed E-state index contributed by atoms with van der Waals surface area (Å²) in [5, 5.41) is 11.5. The standard InChI is InChI=1S/C26H23ClFN5O/c27-20-11-7-18(8-12-20)22-16-23(19-9-13-21(28)14-10-19)33-26(29-22)31-25(32-33)30-24(34)15-6-17-4-2-1-3-5-17/h1-5,7-14,22-23H,6,15-16H2,(H2,29,30,31,32,34)/t22-,23-/m1/s1. The van der Waals surface area contributed by atoms with Crippen molar-refractivity contribution in [2.45, 2.75) is 31.3 Å². The Hall–Kier alpha value is -3.71. The van der Waals surface area contributed by atoms with Crippen LogP contribution in [0.3, 0.4) is 0 Å². The third-order valence-electron chi connectivity index (χ3n) is 5.95. The van der Waals surface area contributed by atoms with Crippen molar-refractivity contribution in [2.24, 2.45) is 0 Å². The monoisotopic (exact) mass is 475 g/mol. The van der Waals surface area contributed by atoms with Crippen molar-refractivity contribution < 1.29 is 9.18 Å². The molecule has 3 aromatic carbocycles. The Morgan fingerprint density at radius 3 is 2.47 bits per heavy atom. The Labute approximate surface area is 201 Å². The molecule has 6 nitrogen and oxygen atoms in total. The number of carbonyl (C=O) groups is 1. The lowest BCUT2D eigenvalue weighted by Gasteiger charge is -2.31. The van der Waals surface area contributed by atoms with Crippen molar-refractivity contribution in [2.75, 3.05) is 10.6 Å². The van der Waals surface area contributed by atoms with Gasteiger partial charge in [-0.1, -0.05) is 66.2 Å². The zero-order valence-corrected chi connectivity index (χ0v) is 19.0. The Morgan fingerprint density at radius 1 is 1.03 bits per heavy atom. The minimum Gasteiger partial charge on any atom is -0.347 e. The lowest BCUT2D eigenvalue weighted by atomic mass is 9.93. The fourth-order valence-corrected chi connectivity index (χ4v) is 4.32. The fraction of sp³-hybridized carbons (Fsp3) is 0.192. The summed E-state index contributed by atoms with van der Waals surface area (Å²) in [5.74, 6) is 0.333. The van der Waals surface area contributed by atoms with Crippen LogP contribution in [0.25, 0.3) is 0 Å². The molecular formula is C26H23ClFN5O. The Kier molecular flexibility index (Phi) is 6.27. The lowest BCUT2D eigenvalue weighted by Crippen LogP contribution is -2.28. The summed E-state index contributed by atoms with van der Waals surface area (Å²) >= 11 is 6.06. The first-order valence-corrected chi connectivity index (χ1v) is 11.5. The van der Waals surface area contributed by atoms with Crippen molar-refractivity contribution in [3.05, 3.63) is 106 Å². The van der Waals surface area contributed by atoms with Crippen LogP contribution in [-0.4, -0.2) is 20.7 Å². The molecule has 2 heterocycles. The number of benzene rings is 3. The second kappa shape index (κ2) is 9.65. The van der Waals surface area contributed by atoms with E-state index >= 15 is 0 Å². The molecule has 0 spiro atoms. The van der Waals surface area contributed by atoms with E-state index < -0.39 is 0 Å². The van der Waals surface area contributed by atoms with Crippen molar-refractivity contribution in [3.8, 4) is 0 Å². The molecule has 172 valence electrons. The van der Waals surface area contributed by atoms with E-state index in [-0.39, 0.29) is 29.8 Å². The molecule has 1 aliphatic rings. The number of carbonyl (C=O) groups excluding carboxylic acids is 1. The van der Waals surface area contributed by atoms with E-state index in [1.165, 1.54) is 12.1 Å². The summed E-state index contributed by atoms with van der Waals surface area (Å²) in [5.41, 5.74) is 3.06. The van der Waals surface area contributed by atoms with Gasteiger partial charge in [-0.15, -0.1) is 5.10 Å². The average molecular weight is 476 g/mol. The highest BCUT2D eigenvalue weighted by Crippen LogP contribution is 2.38. The van der Waals surface area contributed by atoms with Crippen LogP contribution in [0.4, 0.5) is 16.3 Å². The molecular weight excluding hydrogens is 453 g/mol. The number of amides is 1. The maximum absolute atomic E-state index is 13.6. The topological polar surface area (TPSA) is 71.8 Å². The van der Waals surface area contributed by atoms with E-state index in [9.17, 15) is 9.18 Å². The summed E-state index contributed by atoms with van der Waals surface area (Å²) in [7, 11) is 0. The van der Waals surface area contributed by atoms with E-state index in [1.54, 1.807) is 16.8 Å². The maximum Gasteiger partial charge on any atom is 0.250 e. The van der Waals surface area contributed by atoms with Gasteiger partial charge in [-0.3, -0.25) is 10.1 Å². The minimum atomic E-state index is -0.294. The highest BCUT2D eigenvalue weighted by molar-refractivity contribution is 6.30. The van der Waals surface area contributed by atoms with E-state index in [0.29, 0.717) is 30.2 Å². The van der Waals surface area contributed by atoms with Gasteiger partial charge >= 0.3 is 0 Å². The van der Waals surface area contributed by atoms with E-state index in [0.717, 1.165) is 16.7 Å². The van der Waals surface area contributed by atoms with Crippen LogP contribution in [0.15, 0.2) is 78.9 Å². The van der Waals surface area contributed by atoms with Gasteiger partial charge in [0.1, 0.15) is 5.82 Å². The van der Waals surface area contributed by atoms with E-state index in [4.69, 9.17) is 11.6 Å². The highest BCUT2D eigenvalue weighted by Gasteiger charge is 2.31. The van der Waals surface area contributed by atoms with Crippen LogP contribution < -0.4 is 10.6 Å². The number of halogens is 2. The number of hydrogen-bond donors (Lipinski definition) is 2. The first kappa shape index (κ1) is 22.1. The molecule has 0 fully saturated rings. The predicted octanol–water partition coefficient (Wildman–Crippen LogP) is 5.79. The molecule has 5 rings (SSSR count). The number of fused-ring (bicyclic) bond motifs is 1. The molecule has 1 aromatic heterocycles. The Morgan fingerprint density at radius 2 is 1.74 bits per heavy atom. The summed E-state index contributed by atoms with van der Waals surface area (Å²) in [6.07, 6.45) is 1.64. The molecule has 1 aliphatic heterocycles. The Balaban J connectivity index is 1.38. The van der Waals surface area contributed by atoms with Crippen molar-refractivity contribution in [1.82, 2.24) is 14.8 Å². The molecule has 8 heteroatoms. The number of anilines is 2. The van der Waals surface area contributed by atoms with Crippen molar-refractivity contribution in [1.29, 1.82) is 0 Å². The second-order valence-corrected chi connectivity index (χ2v) is 8.73. The molecule has 0 saturated carbocycles. The van der Waals surface area contributed by atoms with Crippen LogP contribution in [0.1, 0.15) is 41.6 Å². The number of aromatic nitrogens is 3. The summed E-state index contributed by atoms with van der Waals surface area (Å²) < 4.78 is 15.3. The fourth-order valence-electron chi connectivity index (χ4n) is 4.20. The third-order valence-corrected chi connectivity index (χ3v) is 6.20. The molecule has 4 aromatic rings. The van der Waals surface area contributed by atoms with Crippen molar-refractivity contribution >= 4 is 29.4 Å². The first-order valence-electron chi connectivity index (χ1n) is 11.1. The normalized spacial score (nSPS) is 17.0. The summed E-state index contributed by atoms with van der Waals surface area (Å²) in [6.45, 7) is 0. The Bertz CT molecular complexity index is 1280. The number of nitrogens with zero attached hydrogens (tertiary/aromatic N) is 3. The van der Waals surface area contributed by atoms with Gasteiger partial charge in [-0.05, 0) is 53.8 Å². The molecule has 0 radical (unpaired) electrons. The number of hydrogen-bond acceptors (Lipinski definition) is 4. The molecule has 0 aliphatic carbocycles. The van der Waals surface area contributed by atoms with E-state index in [1.807, 2.05) is 54.6 Å². The van der Waals surface area contributed by atoms with Crippen LogP contribution in [-0.2, 0) is 11.2 Å².